The Kier molecular flexibility index (Phi) is 4.79. The monoisotopic (exact) mass is 365 g/mol. The summed E-state index contributed by atoms with van der Waals surface area (Å²) in [6.07, 6.45) is 1.65. The number of rotatable bonds is 3. The number of anilines is 1. The Morgan fingerprint density at radius 3 is 2.33 bits per heavy atom. The average Bonchev–Trinajstić information content (AvgIpc) is 2.61. The highest BCUT2D eigenvalue weighted by Crippen LogP contribution is 2.37. The lowest BCUT2D eigenvalue weighted by molar-refractivity contribution is -0.139. The number of hydrogen-bond donors (Lipinski definition) is 1. The molecule has 1 N–H and O–H groups in total. The fourth-order valence-electron chi connectivity index (χ4n) is 2.95. The van der Waals surface area contributed by atoms with Crippen molar-refractivity contribution in [3.05, 3.63) is 65.4 Å². The van der Waals surface area contributed by atoms with Crippen molar-refractivity contribution in [3.8, 4) is 5.75 Å². The molecular weight excluding hydrogens is 342 g/mol. The molecule has 0 saturated carbocycles. The maximum atomic E-state index is 12.9. The van der Waals surface area contributed by atoms with E-state index in [9.17, 15) is 14.7 Å². The molecule has 0 radical (unpaired) electrons. The number of para-hydroxylation sites is 2. The smallest absolute Gasteiger partial charge is 0.326 e. The lowest BCUT2D eigenvalue weighted by Gasteiger charge is -2.33. The number of carbonyl (C=O) groups excluding carboxylic acids is 1. The van der Waals surface area contributed by atoms with Crippen molar-refractivity contribution in [2.24, 2.45) is 0 Å². The van der Waals surface area contributed by atoms with E-state index in [1.165, 1.54) is 17.4 Å². The van der Waals surface area contributed by atoms with Crippen molar-refractivity contribution in [2.45, 2.75) is 39.2 Å². The molecule has 1 aliphatic rings. The van der Waals surface area contributed by atoms with Gasteiger partial charge in [0.25, 0.3) is 5.91 Å². The minimum atomic E-state index is -1.08. The van der Waals surface area contributed by atoms with Crippen LogP contribution in [0.4, 0.5) is 5.69 Å². The second-order valence-corrected chi connectivity index (χ2v) is 7.64. The van der Waals surface area contributed by atoms with Gasteiger partial charge in [-0.2, -0.15) is 0 Å². The van der Waals surface area contributed by atoms with Crippen molar-refractivity contribution in [2.75, 3.05) is 4.90 Å². The number of benzene rings is 2. The summed E-state index contributed by atoms with van der Waals surface area (Å²) < 4.78 is 5.78. The number of hydrogen-bond acceptors (Lipinski definition) is 3. The lowest BCUT2D eigenvalue weighted by atomic mass is 9.87. The molecule has 2 aromatic rings. The largest absolute Gasteiger partial charge is 0.480 e. The molecule has 0 saturated heterocycles. The van der Waals surface area contributed by atoms with Gasteiger partial charge in [0.15, 0.2) is 11.5 Å². The van der Waals surface area contributed by atoms with Crippen LogP contribution in [-0.2, 0) is 15.0 Å². The van der Waals surface area contributed by atoms with E-state index in [4.69, 9.17) is 4.74 Å². The third kappa shape index (κ3) is 3.72. The molecule has 0 aromatic heterocycles. The zero-order chi connectivity index (χ0) is 19.8. The molecule has 0 fully saturated rings. The van der Waals surface area contributed by atoms with Crippen LogP contribution in [-0.4, -0.2) is 23.0 Å². The van der Waals surface area contributed by atoms with Crippen molar-refractivity contribution in [1.82, 2.24) is 0 Å². The fraction of sp³-hybridized carbons (Fsp3) is 0.273. The summed E-state index contributed by atoms with van der Waals surface area (Å²) in [6.45, 7) is 7.89. The first kappa shape index (κ1) is 18.7. The highest BCUT2D eigenvalue weighted by Gasteiger charge is 2.36. The van der Waals surface area contributed by atoms with Crippen LogP contribution >= 0.6 is 0 Å². The molecule has 0 bridgehead atoms. The van der Waals surface area contributed by atoms with Gasteiger partial charge >= 0.3 is 5.97 Å². The molecule has 5 nitrogen and oxygen atoms in total. The second-order valence-electron chi connectivity index (χ2n) is 7.64. The Morgan fingerprint density at radius 1 is 1.11 bits per heavy atom. The maximum absolute atomic E-state index is 12.9. The number of ether oxygens (including phenoxy) is 1. The molecule has 1 atom stereocenters. The third-order valence-electron chi connectivity index (χ3n) is 4.59. The van der Waals surface area contributed by atoms with Gasteiger partial charge in [-0.1, -0.05) is 57.2 Å². The summed E-state index contributed by atoms with van der Waals surface area (Å²) in [7, 11) is 0. The number of carboxylic acids is 1. The van der Waals surface area contributed by atoms with Crippen LogP contribution < -0.4 is 9.64 Å². The predicted molar refractivity (Wildman–Crippen MR) is 105 cm³/mol. The van der Waals surface area contributed by atoms with E-state index < -0.39 is 17.9 Å². The summed E-state index contributed by atoms with van der Waals surface area (Å²) in [5, 5.41) is 9.41. The van der Waals surface area contributed by atoms with Gasteiger partial charge in [-0.05, 0) is 41.7 Å². The number of nitrogens with zero attached hydrogens (tertiary/aromatic N) is 1. The third-order valence-corrected chi connectivity index (χ3v) is 4.59. The Labute approximate surface area is 158 Å². The predicted octanol–water partition coefficient (Wildman–Crippen LogP) is 4.22. The van der Waals surface area contributed by atoms with Gasteiger partial charge < -0.3 is 9.84 Å². The number of fused-ring (bicyclic) bond motifs is 1. The minimum absolute atomic E-state index is 0.0372. The van der Waals surface area contributed by atoms with Crippen molar-refractivity contribution in [1.29, 1.82) is 0 Å². The van der Waals surface area contributed by atoms with Gasteiger partial charge in [-0.15, -0.1) is 0 Å². The zero-order valence-electron chi connectivity index (χ0n) is 15.9. The first-order valence-electron chi connectivity index (χ1n) is 8.84. The number of aliphatic carboxylic acids is 1. The fourth-order valence-corrected chi connectivity index (χ4v) is 2.95. The Balaban J connectivity index is 2.00. The highest BCUT2D eigenvalue weighted by atomic mass is 16.5. The molecule has 1 amide bonds. The van der Waals surface area contributed by atoms with E-state index >= 15 is 0 Å². The van der Waals surface area contributed by atoms with E-state index in [1.54, 1.807) is 30.3 Å². The first-order chi connectivity index (χ1) is 12.7. The average molecular weight is 365 g/mol. The first-order valence-corrected chi connectivity index (χ1v) is 8.84. The Hall–Kier alpha value is -3.08. The molecule has 3 rings (SSSR count). The maximum Gasteiger partial charge on any atom is 0.326 e. The molecule has 1 heterocycles. The molecule has 1 aliphatic heterocycles. The Bertz CT molecular complexity index is 907. The minimum Gasteiger partial charge on any atom is -0.480 e. The quantitative estimate of drug-likeness (QED) is 0.827. The van der Waals surface area contributed by atoms with Crippen LogP contribution in [0, 0.1) is 0 Å². The molecule has 1 unspecified atom stereocenters. The number of carboxylic acid groups (broad SMARTS) is 1. The molecule has 0 aliphatic carbocycles. The molecule has 5 heteroatoms. The molecule has 0 spiro atoms. The van der Waals surface area contributed by atoms with E-state index in [0.29, 0.717) is 11.4 Å². The topological polar surface area (TPSA) is 66.8 Å². The van der Waals surface area contributed by atoms with Gasteiger partial charge in [-0.25, -0.2) is 4.79 Å². The summed E-state index contributed by atoms with van der Waals surface area (Å²) >= 11 is 0. The van der Waals surface area contributed by atoms with E-state index in [1.807, 2.05) is 24.3 Å². The van der Waals surface area contributed by atoms with Gasteiger partial charge in [0.1, 0.15) is 6.04 Å². The van der Waals surface area contributed by atoms with E-state index in [2.05, 4.69) is 20.8 Å². The SMILES string of the molecule is CC(C(=O)O)N1C(=O)/C(=C\c2ccc(C(C)(C)C)cc2)Oc2ccccc21. The molecular formula is C22H23NO4. The van der Waals surface area contributed by atoms with E-state index in [0.717, 1.165) is 5.56 Å². The summed E-state index contributed by atoms with van der Waals surface area (Å²) in [4.78, 5) is 25.7. The normalized spacial score (nSPS) is 16.7. The van der Waals surface area contributed by atoms with Gasteiger partial charge in [0.2, 0.25) is 0 Å². The van der Waals surface area contributed by atoms with Crippen molar-refractivity contribution in [3.63, 3.8) is 0 Å². The highest BCUT2D eigenvalue weighted by molar-refractivity contribution is 6.12. The second kappa shape index (κ2) is 6.91. The van der Waals surface area contributed by atoms with Crippen LogP contribution in [0.25, 0.3) is 6.08 Å². The van der Waals surface area contributed by atoms with Gasteiger partial charge in [-0.3, -0.25) is 9.69 Å². The summed E-state index contributed by atoms with van der Waals surface area (Å²) in [5.41, 5.74) is 2.49. The van der Waals surface area contributed by atoms with Crippen molar-refractivity contribution >= 4 is 23.6 Å². The molecule has 140 valence electrons. The summed E-state index contributed by atoms with van der Waals surface area (Å²) in [6, 6.07) is 13.8. The number of amides is 1. The van der Waals surface area contributed by atoms with Gasteiger partial charge in [0.05, 0.1) is 5.69 Å². The van der Waals surface area contributed by atoms with E-state index in [-0.39, 0.29) is 11.2 Å². The van der Waals surface area contributed by atoms with Crippen LogP contribution in [0.15, 0.2) is 54.3 Å². The van der Waals surface area contributed by atoms with Crippen LogP contribution in [0.5, 0.6) is 5.75 Å². The number of carbonyl (C=O) groups is 2. The molecule has 2 aromatic carbocycles. The summed E-state index contributed by atoms with van der Waals surface area (Å²) in [5.74, 6) is -0.981. The van der Waals surface area contributed by atoms with Crippen molar-refractivity contribution < 1.29 is 19.4 Å². The van der Waals surface area contributed by atoms with Gasteiger partial charge in [0, 0.05) is 0 Å². The van der Waals surface area contributed by atoms with Crippen LogP contribution in [0.3, 0.4) is 0 Å². The molecule has 27 heavy (non-hydrogen) atoms. The Morgan fingerprint density at radius 2 is 1.74 bits per heavy atom. The standard InChI is InChI=1S/C22H23NO4/c1-14(21(25)26)23-17-7-5-6-8-18(17)27-19(20(23)24)13-15-9-11-16(12-10-15)22(2,3)4/h5-14H,1-4H3,(H,25,26)/b19-13+. The van der Waals surface area contributed by atoms with Crippen LogP contribution in [0.2, 0.25) is 0 Å². The zero-order valence-corrected chi connectivity index (χ0v) is 15.9. The van der Waals surface area contributed by atoms with Crippen LogP contribution in [0.1, 0.15) is 38.8 Å². The lowest BCUT2D eigenvalue weighted by Crippen LogP contribution is -2.47.